The number of halogens is 3. The van der Waals surface area contributed by atoms with Crippen LogP contribution in [-0.4, -0.2) is 0 Å². The Bertz CT molecular complexity index is 670. The summed E-state index contributed by atoms with van der Waals surface area (Å²) >= 11 is 0. The van der Waals surface area contributed by atoms with Gasteiger partial charge in [0.25, 0.3) is 0 Å². The lowest BCUT2D eigenvalue weighted by Crippen LogP contribution is -1.92. The van der Waals surface area contributed by atoms with Crippen LogP contribution in [0.5, 0.6) is 0 Å². The van der Waals surface area contributed by atoms with Gasteiger partial charge in [0.1, 0.15) is 5.82 Å². The second-order valence-corrected chi connectivity index (χ2v) is 5.24. The van der Waals surface area contributed by atoms with Crippen LogP contribution in [0, 0.1) is 5.82 Å². The van der Waals surface area contributed by atoms with E-state index in [2.05, 4.69) is 6.92 Å². The third-order valence-electron chi connectivity index (χ3n) is 3.62. The molecular weight excluding hydrogens is 285 g/mol. The van der Waals surface area contributed by atoms with E-state index in [1.165, 1.54) is 24.3 Å². The van der Waals surface area contributed by atoms with E-state index in [9.17, 15) is 13.2 Å². The maximum Gasteiger partial charge on any atom is 0.169 e. The molecule has 0 unspecified atom stereocenters. The van der Waals surface area contributed by atoms with Crippen molar-refractivity contribution in [3.8, 4) is 0 Å². The van der Waals surface area contributed by atoms with Crippen molar-refractivity contribution in [2.45, 2.75) is 33.1 Å². The van der Waals surface area contributed by atoms with Crippen LogP contribution in [0.2, 0.25) is 0 Å². The fourth-order valence-electron chi connectivity index (χ4n) is 2.31. The van der Waals surface area contributed by atoms with Gasteiger partial charge in [-0.05, 0) is 36.1 Å². The Labute approximate surface area is 129 Å². The fraction of sp³-hybridized carbons (Fsp3) is 0.263. The largest absolute Gasteiger partial charge is 0.206 e. The molecule has 3 heteroatoms. The van der Waals surface area contributed by atoms with Crippen molar-refractivity contribution >= 4 is 11.7 Å². The number of rotatable bonds is 5. The highest BCUT2D eigenvalue weighted by Crippen LogP contribution is 2.30. The van der Waals surface area contributed by atoms with Crippen molar-refractivity contribution in [1.29, 1.82) is 0 Å². The summed E-state index contributed by atoms with van der Waals surface area (Å²) in [6.07, 6.45) is 2.52. The highest BCUT2D eigenvalue weighted by molar-refractivity contribution is 5.83. The van der Waals surface area contributed by atoms with Crippen LogP contribution >= 0.6 is 0 Å². The van der Waals surface area contributed by atoms with Crippen LogP contribution < -0.4 is 0 Å². The molecule has 0 saturated heterocycles. The zero-order valence-corrected chi connectivity index (χ0v) is 12.8. The predicted molar refractivity (Wildman–Crippen MR) is 85.2 cm³/mol. The summed E-state index contributed by atoms with van der Waals surface area (Å²) in [4.78, 5) is 0. The van der Waals surface area contributed by atoms with Gasteiger partial charge in [0, 0.05) is 11.1 Å². The van der Waals surface area contributed by atoms with Crippen LogP contribution in [0.4, 0.5) is 13.2 Å². The zero-order valence-electron chi connectivity index (χ0n) is 12.8. The highest BCUT2D eigenvalue weighted by atomic mass is 19.2. The first-order chi connectivity index (χ1) is 10.6. The lowest BCUT2D eigenvalue weighted by atomic mass is 10.0. The molecule has 2 aromatic carbocycles. The average Bonchev–Trinajstić information content (AvgIpc) is 2.54. The molecule has 0 spiro atoms. The van der Waals surface area contributed by atoms with Crippen LogP contribution in [0.15, 0.2) is 42.5 Å². The number of aryl methyl sites for hydroxylation is 2. The molecule has 0 aliphatic carbocycles. The van der Waals surface area contributed by atoms with Crippen LogP contribution in [0.1, 0.15) is 42.5 Å². The Morgan fingerprint density at radius 3 is 2.05 bits per heavy atom. The summed E-state index contributed by atoms with van der Waals surface area (Å²) in [5, 5.41) is 0. The minimum atomic E-state index is -1.16. The van der Waals surface area contributed by atoms with Crippen molar-refractivity contribution in [2.24, 2.45) is 0 Å². The Kier molecular flexibility index (Phi) is 5.42. The quantitative estimate of drug-likeness (QED) is 0.585. The summed E-state index contributed by atoms with van der Waals surface area (Å²) < 4.78 is 42.3. The van der Waals surface area contributed by atoms with Crippen molar-refractivity contribution in [3.05, 3.63) is 70.5 Å². The maximum absolute atomic E-state index is 14.2. The summed E-state index contributed by atoms with van der Waals surface area (Å²) in [6, 6.07) is 10.7. The average molecular weight is 304 g/mol. The third-order valence-corrected chi connectivity index (χ3v) is 3.62. The number of benzene rings is 2. The molecule has 0 saturated carbocycles. The van der Waals surface area contributed by atoms with Crippen molar-refractivity contribution in [3.63, 3.8) is 0 Å². The SMILES string of the molecule is CCCc1ccc(/C(F)=C(\F)c2ccc(CC)cc2F)cc1. The summed E-state index contributed by atoms with van der Waals surface area (Å²) in [5.41, 5.74) is 1.60. The first-order valence-corrected chi connectivity index (χ1v) is 7.50. The van der Waals surface area contributed by atoms with Gasteiger partial charge in [0.05, 0.1) is 0 Å². The molecule has 0 amide bonds. The van der Waals surface area contributed by atoms with E-state index in [4.69, 9.17) is 0 Å². The predicted octanol–water partition coefficient (Wildman–Crippen LogP) is 6.11. The van der Waals surface area contributed by atoms with Gasteiger partial charge >= 0.3 is 0 Å². The minimum absolute atomic E-state index is 0.122. The molecule has 0 aliphatic heterocycles. The zero-order chi connectivity index (χ0) is 16.1. The van der Waals surface area contributed by atoms with E-state index in [1.54, 1.807) is 18.2 Å². The molecule has 0 fully saturated rings. The molecule has 0 bridgehead atoms. The summed E-state index contributed by atoms with van der Waals surface area (Å²) in [7, 11) is 0. The third kappa shape index (κ3) is 3.59. The van der Waals surface area contributed by atoms with Gasteiger partial charge in [0.2, 0.25) is 0 Å². The van der Waals surface area contributed by atoms with Crippen LogP contribution in [0.25, 0.3) is 11.7 Å². The normalized spacial score (nSPS) is 12.2. The molecule has 2 aromatic rings. The van der Waals surface area contributed by atoms with Crippen molar-refractivity contribution < 1.29 is 13.2 Å². The lowest BCUT2D eigenvalue weighted by molar-refractivity contribution is 0.609. The van der Waals surface area contributed by atoms with Gasteiger partial charge in [0.15, 0.2) is 11.7 Å². The summed E-state index contributed by atoms with van der Waals surface area (Å²) in [5.74, 6) is -2.94. The lowest BCUT2D eigenvalue weighted by Gasteiger charge is -2.06. The van der Waals surface area contributed by atoms with Gasteiger partial charge in [-0.15, -0.1) is 0 Å². The molecule has 0 nitrogen and oxygen atoms in total. The topological polar surface area (TPSA) is 0 Å². The second-order valence-electron chi connectivity index (χ2n) is 5.24. The fourth-order valence-corrected chi connectivity index (χ4v) is 2.31. The van der Waals surface area contributed by atoms with Crippen molar-refractivity contribution in [1.82, 2.24) is 0 Å². The molecule has 0 N–H and O–H groups in total. The Morgan fingerprint density at radius 1 is 0.864 bits per heavy atom. The Hall–Kier alpha value is -2.03. The van der Waals surface area contributed by atoms with E-state index in [1.807, 2.05) is 6.92 Å². The van der Waals surface area contributed by atoms with Gasteiger partial charge in [-0.2, -0.15) is 0 Å². The van der Waals surface area contributed by atoms with E-state index >= 15 is 0 Å². The number of hydrogen-bond acceptors (Lipinski definition) is 0. The highest BCUT2D eigenvalue weighted by Gasteiger charge is 2.15. The number of hydrogen-bond donors (Lipinski definition) is 0. The van der Waals surface area contributed by atoms with E-state index < -0.39 is 17.5 Å². The minimum Gasteiger partial charge on any atom is -0.206 e. The molecule has 22 heavy (non-hydrogen) atoms. The smallest absolute Gasteiger partial charge is 0.169 e. The Balaban J connectivity index is 2.35. The molecule has 0 aromatic heterocycles. The van der Waals surface area contributed by atoms with Gasteiger partial charge in [-0.3, -0.25) is 0 Å². The van der Waals surface area contributed by atoms with E-state index in [0.29, 0.717) is 6.42 Å². The summed E-state index contributed by atoms with van der Waals surface area (Å²) in [6.45, 7) is 3.93. The molecule has 0 radical (unpaired) electrons. The van der Waals surface area contributed by atoms with E-state index in [0.717, 1.165) is 24.0 Å². The van der Waals surface area contributed by atoms with E-state index in [-0.39, 0.29) is 11.1 Å². The van der Waals surface area contributed by atoms with Crippen LogP contribution in [0.3, 0.4) is 0 Å². The second kappa shape index (κ2) is 7.30. The first kappa shape index (κ1) is 16.3. The molecule has 0 heterocycles. The Morgan fingerprint density at radius 2 is 1.50 bits per heavy atom. The monoisotopic (exact) mass is 304 g/mol. The molecule has 0 aliphatic rings. The molecule has 116 valence electrons. The molecule has 2 rings (SSSR count). The standard InChI is InChI=1S/C19H19F3/c1-3-5-14-6-9-15(10-7-14)18(21)19(22)16-11-8-13(4-2)12-17(16)20/h6-12H,3-5H2,1-2H3/b19-18+. The van der Waals surface area contributed by atoms with Gasteiger partial charge < -0.3 is 0 Å². The van der Waals surface area contributed by atoms with Gasteiger partial charge in [-0.1, -0.05) is 50.6 Å². The molecular formula is C19H19F3. The van der Waals surface area contributed by atoms with Crippen LogP contribution in [-0.2, 0) is 12.8 Å². The molecule has 0 atom stereocenters. The first-order valence-electron chi connectivity index (χ1n) is 7.50. The maximum atomic E-state index is 14.2. The van der Waals surface area contributed by atoms with Crippen molar-refractivity contribution in [2.75, 3.05) is 0 Å². The van der Waals surface area contributed by atoms with Gasteiger partial charge in [-0.25, -0.2) is 13.2 Å².